The van der Waals surface area contributed by atoms with Gasteiger partial charge in [-0.15, -0.1) is 13.2 Å². The number of esters is 1. The van der Waals surface area contributed by atoms with E-state index in [0.29, 0.717) is 44.7 Å². The lowest BCUT2D eigenvalue weighted by molar-refractivity contribution is -0.274. The molecule has 4 aromatic rings. The van der Waals surface area contributed by atoms with Gasteiger partial charge in [0.2, 0.25) is 5.91 Å². The van der Waals surface area contributed by atoms with E-state index < -0.39 is 40.9 Å². The summed E-state index contributed by atoms with van der Waals surface area (Å²) in [6, 6.07) is 11.7. The third kappa shape index (κ3) is 6.17. The van der Waals surface area contributed by atoms with E-state index in [1.54, 1.807) is 6.92 Å². The van der Waals surface area contributed by atoms with E-state index in [1.807, 2.05) is 4.90 Å². The molecule has 46 heavy (non-hydrogen) atoms. The zero-order chi connectivity index (χ0) is 32.6. The van der Waals surface area contributed by atoms with Crippen molar-refractivity contribution in [2.24, 2.45) is 0 Å². The number of ether oxygens (including phenoxy) is 3. The highest BCUT2D eigenvalue weighted by molar-refractivity contribution is 6.01. The fourth-order valence-electron chi connectivity index (χ4n) is 5.58. The van der Waals surface area contributed by atoms with E-state index in [4.69, 9.17) is 9.47 Å². The molecule has 0 atom stereocenters. The van der Waals surface area contributed by atoms with Crippen molar-refractivity contribution in [2.75, 3.05) is 38.2 Å². The second kappa shape index (κ2) is 12.2. The van der Waals surface area contributed by atoms with Gasteiger partial charge < -0.3 is 19.5 Å². The van der Waals surface area contributed by atoms with Gasteiger partial charge >= 0.3 is 12.3 Å². The molecule has 0 unspecified atom stereocenters. The van der Waals surface area contributed by atoms with Gasteiger partial charge in [0.15, 0.2) is 5.75 Å². The molecule has 1 saturated carbocycles. The van der Waals surface area contributed by atoms with Crippen molar-refractivity contribution in [2.45, 2.75) is 31.7 Å². The normalized spacial score (nSPS) is 16.2. The Kier molecular flexibility index (Phi) is 8.25. The third-order valence-electron chi connectivity index (χ3n) is 8.03. The number of morpholine rings is 1. The van der Waals surface area contributed by atoms with Crippen LogP contribution in [0.25, 0.3) is 27.7 Å². The Balaban J connectivity index is 1.34. The number of amides is 1. The maximum atomic E-state index is 14.8. The van der Waals surface area contributed by atoms with E-state index in [-0.39, 0.29) is 40.0 Å². The van der Waals surface area contributed by atoms with Gasteiger partial charge in [0.05, 0.1) is 47.7 Å². The van der Waals surface area contributed by atoms with Crippen LogP contribution in [0.4, 0.5) is 23.2 Å². The smallest absolute Gasteiger partial charge is 0.462 e. The Morgan fingerprint density at radius 2 is 1.80 bits per heavy atom. The summed E-state index contributed by atoms with van der Waals surface area (Å²) in [5.74, 6) is -2.32. The van der Waals surface area contributed by atoms with Crippen LogP contribution in [0.15, 0.2) is 65.7 Å². The Bertz CT molecular complexity index is 1880. The van der Waals surface area contributed by atoms with Crippen molar-refractivity contribution in [1.82, 2.24) is 14.5 Å². The number of benzene rings is 3. The van der Waals surface area contributed by atoms with Gasteiger partial charge in [0.1, 0.15) is 17.7 Å². The van der Waals surface area contributed by atoms with E-state index in [0.717, 1.165) is 16.7 Å². The predicted molar refractivity (Wildman–Crippen MR) is 158 cm³/mol. The number of anilines is 1. The summed E-state index contributed by atoms with van der Waals surface area (Å²) in [6.07, 6.45) is -2.76. The van der Waals surface area contributed by atoms with Crippen LogP contribution in [0.1, 0.15) is 30.1 Å². The van der Waals surface area contributed by atoms with Crippen LogP contribution in [-0.4, -0.2) is 71.1 Å². The van der Waals surface area contributed by atoms with Gasteiger partial charge in [0.25, 0.3) is 5.56 Å². The summed E-state index contributed by atoms with van der Waals surface area (Å²) in [7, 11) is 0. The Labute approximate surface area is 259 Å². The van der Waals surface area contributed by atoms with Crippen molar-refractivity contribution in [3.05, 3.63) is 82.7 Å². The lowest BCUT2D eigenvalue weighted by atomic mass is 10.0. The molecule has 2 heterocycles. The van der Waals surface area contributed by atoms with Crippen LogP contribution in [0.3, 0.4) is 0 Å². The highest BCUT2D eigenvalue weighted by atomic mass is 19.4. The molecule has 3 aromatic carbocycles. The van der Waals surface area contributed by atoms with E-state index in [2.05, 4.69) is 15.0 Å². The van der Waals surface area contributed by atoms with Crippen LogP contribution in [-0.2, 0) is 14.3 Å². The Morgan fingerprint density at radius 3 is 2.50 bits per heavy atom. The second-order valence-corrected chi connectivity index (χ2v) is 10.9. The van der Waals surface area contributed by atoms with Crippen LogP contribution >= 0.6 is 0 Å². The summed E-state index contributed by atoms with van der Waals surface area (Å²) >= 11 is 0. The van der Waals surface area contributed by atoms with Crippen molar-refractivity contribution >= 4 is 28.5 Å². The van der Waals surface area contributed by atoms with Crippen molar-refractivity contribution in [3.63, 3.8) is 0 Å². The number of carbonyl (C=O) groups excluding carboxylic acids is 2. The van der Waals surface area contributed by atoms with E-state index >= 15 is 0 Å². The van der Waals surface area contributed by atoms with Crippen molar-refractivity contribution in [3.8, 4) is 22.6 Å². The molecule has 6 rings (SSSR count). The Morgan fingerprint density at radius 1 is 1.04 bits per heavy atom. The summed E-state index contributed by atoms with van der Waals surface area (Å²) in [4.78, 5) is 45.4. The molecule has 10 nitrogen and oxygen atoms in total. The number of fused-ring (bicyclic) bond motifs is 1. The fourth-order valence-corrected chi connectivity index (χ4v) is 5.58. The molecule has 0 bridgehead atoms. The number of hydrogen-bond donors (Lipinski definition) is 1. The minimum Gasteiger partial charge on any atom is -0.462 e. The van der Waals surface area contributed by atoms with Crippen LogP contribution in [0.2, 0.25) is 0 Å². The summed E-state index contributed by atoms with van der Waals surface area (Å²) in [5.41, 5.74) is -0.740. The fraction of sp³-hybridized carbons (Fsp3) is 0.312. The van der Waals surface area contributed by atoms with Gasteiger partial charge in [-0.05, 0) is 73.9 Å². The van der Waals surface area contributed by atoms with Crippen molar-refractivity contribution < 1.29 is 41.4 Å². The maximum absolute atomic E-state index is 14.8. The number of rotatable bonds is 8. The zero-order valence-corrected chi connectivity index (χ0v) is 24.5. The first-order chi connectivity index (χ1) is 22.0. The van der Waals surface area contributed by atoms with Gasteiger partial charge in [0, 0.05) is 18.7 Å². The van der Waals surface area contributed by atoms with E-state index in [1.165, 1.54) is 48.8 Å². The number of carbonyl (C=O) groups is 2. The molecule has 1 N–H and O–H groups in total. The number of alkyl halides is 3. The first kappa shape index (κ1) is 31.2. The van der Waals surface area contributed by atoms with Crippen LogP contribution in [0.5, 0.6) is 5.75 Å². The number of nitrogens with zero attached hydrogens (tertiary/aromatic N) is 3. The quantitative estimate of drug-likeness (QED) is 0.210. The van der Waals surface area contributed by atoms with Crippen molar-refractivity contribution in [1.29, 1.82) is 0 Å². The number of nitrogens with one attached hydrogen (secondary N) is 1. The molecule has 2 fully saturated rings. The molecule has 0 spiro atoms. The Hall–Kier alpha value is -4.82. The zero-order valence-electron chi connectivity index (χ0n) is 24.5. The molecule has 1 aromatic heterocycles. The minimum absolute atomic E-state index is 0.101. The summed E-state index contributed by atoms with van der Waals surface area (Å²) in [6.45, 7) is 3.73. The van der Waals surface area contributed by atoms with Crippen LogP contribution in [0, 0.1) is 5.82 Å². The molecule has 1 aliphatic heterocycles. The van der Waals surface area contributed by atoms with Gasteiger partial charge in [-0.3, -0.25) is 19.1 Å². The molecular formula is C32H28F4N4O6. The number of hydrogen-bond acceptors (Lipinski definition) is 8. The first-order valence-electron chi connectivity index (χ1n) is 14.5. The molecule has 2 aliphatic rings. The largest absolute Gasteiger partial charge is 0.573 e. The lowest BCUT2D eigenvalue weighted by Crippen LogP contribution is -2.51. The topological polar surface area (TPSA) is 112 Å². The third-order valence-corrected chi connectivity index (χ3v) is 8.03. The molecule has 1 amide bonds. The lowest BCUT2D eigenvalue weighted by Gasteiger charge is -2.34. The number of halogens is 4. The minimum atomic E-state index is -5.03. The standard InChI is InChI=1S/C32H28F4N4O6/c1-2-45-29(42)20-4-7-24(33)23(15-20)19-3-6-22-25(16-19)37-18-40(28(22)41)21-5-8-27(46-32(34,35)36)26(17-21)38-30(43)31(9-10-31)39-11-13-44-14-12-39/h3-8,15-18H,2,9-14H2,1H3,(H,38,43). The van der Waals surface area contributed by atoms with Crippen LogP contribution < -0.4 is 15.6 Å². The molecule has 1 saturated heterocycles. The van der Waals surface area contributed by atoms with Gasteiger partial charge in [-0.25, -0.2) is 14.2 Å². The average molecular weight is 641 g/mol. The monoisotopic (exact) mass is 640 g/mol. The maximum Gasteiger partial charge on any atom is 0.573 e. The molecule has 240 valence electrons. The summed E-state index contributed by atoms with van der Waals surface area (Å²) in [5, 5.41) is 2.74. The highest BCUT2D eigenvalue weighted by Crippen LogP contribution is 2.44. The first-order valence-corrected chi connectivity index (χ1v) is 14.5. The molecular weight excluding hydrogens is 612 g/mol. The molecule has 14 heteroatoms. The van der Waals surface area contributed by atoms with Gasteiger partial charge in [-0.1, -0.05) is 6.07 Å². The highest BCUT2D eigenvalue weighted by Gasteiger charge is 2.54. The number of aromatic nitrogens is 2. The second-order valence-electron chi connectivity index (χ2n) is 10.9. The SMILES string of the molecule is CCOC(=O)c1ccc(F)c(-c2ccc3c(=O)n(-c4ccc(OC(F)(F)F)c(NC(=O)C5(N6CCOCC6)CC5)c4)cnc3c2)c1. The molecule has 1 aliphatic carbocycles. The average Bonchev–Trinajstić information content (AvgIpc) is 3.85. The van der Waals surface area contributed by atoms with E-state index in [9.17, 15) is 31.9 Å². The molecule has 0 radical (unpaired) electrons. The predicted octanol–water partition coefficient (Wildman–Crippen LogP) is 5.07. The van der Waals surface area contributed by atoms with Gasteiger partial charge in [-0.2, -0.15) is 0 Å². The summed E-state index contributed by atoms with van der Waals surface area (Å²) < 4.78 is 70.2.